The molecule has 3 nitrogen and oxygen atoms in total. The Bertz CT molecular complexity index is 408. The highest BCUT2D eigenvalue weighted by Gasteiger charge is 2.17. The van der Waals surface area contributed by atoms with Gasteiger partial charge in [-0.2, -0.15) is 0 Å². The number of hydrogen-bond acceptors (Lipinski definition) is 3. The fourth-order valence-electron chi connectivity index (χ4n) is 2.85. The summed E-state index contributed by atoms with van der Waals surface area (Å²) in [4.78, 5) is 0. The fourth-order valence-corrected chi connectivity index (χ4v) is 2.85. The summed E-state index contributed by atoms with van der Waals surface area (Å²) in [6.45, 7) is 13.1. The third-order valence-electron chi connectivity index (χ3n) is 3.68. The van der Waals surface area contributed by atoms with Gasteiger partial charge in [-0.05, 0) is 57.4 Å². The number of benzene rings is 1. The molecule has 2 atom stereocenters. The Morgan fingerprint density at radius 1 is 1.10 bits per heavy atom. The molecule has 0 spiro atoms. The van der Waals surface area contributed by atoms with E-state index in [1.54, 1.807) is 7.11 Å². The molecule has 0 saturated heterocycles. The largest absolute Gasteiger partial charge is 0.382 e. The molecule has 1 N–H and O–H groups in total. The summed E-state index contributed by atoms with van der Waals surface area (Å²) in [6.07, 6.45) is 1.24. The van der Waals surface area contributed by atoms with Crippen molar-refractivity contribution in [2.24, 2.45) is 0 Å². The standard InChI is InChI=1S/C18H31NO2/c1-7-8-19-17(12-21-16(5)11-20-6)18-14(3)9-13(2)10-15(18)4/h9-10,16-17,19H,7-8,11-12H2,1-6H3. The van der Waals surface area contributed by atoms with Crippen LogP contribution in [-0.2, 0) is 9.47 Å². The molecule has 0 aromatic heterocycles. The Kier molecular flexibility index (Phi) is 7.94. The molecule has 0 saturated carbocycles. The van der Waals surface area contributed by atoms with Crippen LogP contribution >= 0.6 is 0 Å². The van der Waals surface area contributed by atoms with E-state index in [2.05, 4.69) is 52.1 Å². The molecule has 1 aromatic carbocycles. The van der Waals surface area contributed by atoms with Crippen LogP contribution in [0.5, 0.6) is 0 Å². The Morgan fingerprint density at radius 3 is 2.24 bits per heavy atom. The maximum Gasteiger partial charge on any atom is 0.0781 e. The average molecular weight is 293 g/mol. The average Bonchev–Trinajstić information content (AvgIpc) is 2.40. The van der Waals surface area contributed by atoms with Gasteiger partial charge in [-0.3, -0.25) is 0 Å². The molecule has 0 radical (unpaired) electrons. The van der Waals surface area contributed by atoms with Crippen molar-refractivity contribution in [2.75, 3.05) is 26.9 Å². The molecule has 0 aliphatic heterocycles. The number of nitrogens with one attached hydrogen (secondary N) is 1. The topological polar surface area (TPSA) is 30.5 Å². The molecule has 1 aromatic rings. The van der Waals surface area contributed by atoms with Crippen LogP contribution in [0.4, 0.5) is 0 Å². The summed E-state index contributed by atoms with van der Waals surface area (Å²) in [7, 11) is 1.71. The zero-order valence-corrected chi connectivity index (χ0v) is 14.5. The van der Waals surface area contributed by atoms with E-state index in [-0.39, 0.29) is 12.1 Å². The van der Waals surface area contributed by atoms with E-state index in [4.69, 9.17) is 9.47 Å². The first-order valence-electron chi connectivity index (χ1n) is 7.91. The van der Waals surface area contributed by atoms with E-state index in [1.807, 2.05) is 0 Å². The van der Waals surface area contributed by atoms with Gasteiger partial charge in [0.15, 0.2) is 0 Å². The normalized spacial score (nSPS) is 14.2. The van der Waals surface area contributed by atoms with E-state index in [0.29, 0.717) is 13.2 Å². The third-order valence-corrected chi connectivity index (χ3v) is 3.68. The highest BCUT2D eigenvalue weighted by atomic mass is 16.5. The molecular weight excluding hydrogens is 262 g/mol. The van der Waals surface area contributed by atoms with E-state index in [9.17, 15) is 0 Å². The Labute approximate surface area is 130 Å². The van der Waals surface area contributed by atoms with Gasteiger partial charge >= 0.3 is 0 Å². The first-order chi connectivity index (χ1) is 9.99. The summed E-state index contributed by atoms with van der Waals surface area (Å²) in [6, 6.07) is 4.74. The number of hydrogen-bond donors (Lipinski definition) is 1. The monoisotopic (exact) mass is 293 g/mol. The van der Waals surface area contributed by atoms with Crippen LogP contribution in [0.1, 0.15) is 48.6 Å². The van der Waals surface area contributed by atoms with E-state index >= 15 is 0 Å². The van der Waals surface area contributed by atoms with Crippen LogP contribution in [0.3, 0.4) is 0 Å². The maximum atomic E-state index is 5.95. The number of aryl methyl sites for hydroxylation is 3. The minimum absolute atomic E-state index is 0.118. The van der Waals surface area contributed by atoms with Crippen LogP contribution in [0, 0.1) is 20.8 Å². The molecule has 0 aliphatic rings. The quantitative estimate of drug-likeness (QED) is 0.753. The van der Waals surface area contributed by atoms with Crippen molar-refractivity contribution in [3.8, 4) is 0 Å². The second-order valence-electron chi connectivity index (χ2n) is 5.92. The Hall–Kier alpha value is -0.900. The van der Waals surface area contributed by atoms with Gasteiger partial charge in [0.25, 0.3) is 0 Å². The number of methoxy groups -OCH3 is 1. The van der Waals surface area contributed by atoms with Gasteiger partial charge in [0.1, 0.15) is 0 Å². The first-order valence-corrected chi connectivity index (χ1v) is 7.91. The van der Waals surface area contributed by atoms with Gasteiger partial charge in [0.2, 0.25) is 0 Å². The molecule has 21 heavy (non-hydrogen) atoms. The van der Waals surface area contributed by atoms with Crippen molar-refractivity contribution in [3.05, 3.63) is 34.4 Å². The lowest BCUT2D eigenvalue weighted by molar-refractivity contribution is -0.000652. The van der Waals surface area contributed by atoms with E-state index < -0.39 is 0 Å². The number of rotatable bonds is 9. The van der Waals surface area contributed by atoms with Crippen LogP contribution in [0.2, 0.25) is 0 Å². The molecule has 1 rings (SSSR count). The SMILES string of the molecule is CCCNC(COC(C)COC)c1c(C)cc(C)cc1C. The molecule has 2 unspecified atom stereocenters. The third kappa shape index (κ3) is 5.77. The maximum absolute atomic E-state index is 5.95. The summed E-state index contributed by atoms with van der Waals surface area (Å²) >= 11 is 0. The lowest BCUT2D eigenvalue weighted by Crippen LogP contribution is -2.30. The van der Waals surface area contributed by atoms with Crippen molar-refractivity contribution >= 4 is 0 Å². The zero-order valence-electron chi connectivity index (χ0n) is 14.5. The summed E-state index contributed by atoms with van der Waals surface area (Å²) in [5.74, 6) is 0. The molecular formula is C18H31NO2. The number of ether oxygens (including phenoxy) is 2. The van der Waals surface area contributed by atoms with Gasteiger partial charge in [-0.1, -0.05) is 24.6 Å². The van der Waals surface area contributed by atoms with Crippen LogP contribution in [0.15, 0.2) is 12.1 Å². The fraction of sp³-hybridized carbons (Fsp3) is 0.667. The van der Waals surface area contributed by atoms with E-state index in [1.165, 1.54) is 22.3 Å². The van der Waals surface area contributed by atoms with Crippen molar-refractivity contribution in [1.82, 2.24) is 5.32 Å². The van der Waals surface area contributed by atoms with Gasteiger partial charge in [0.05, 0.1) is 25.4 Å². The summed E-state index contributed by atoms with van der Waals surface area (Å²) in [5, 5.41) is 3.62. The minimum atomic E-state index is 0.118. The zero-order chi connectivity index (χ0) is 15.8. The molecule has 0 fully saturated rings. The molecule has 0 aliphatic carbocycles. The van der Waals surface area contributed by atoms with Gasteiger partial charge in [-0.25, -0.2) is 0 Å². The molecule has 3 heteroatoms. The van der Waals surface area contributed by atoms with Crippen LogP contribution in [-0.4, -0.2) is 33.0 Å². The van der Waals surface area contributed by atoms with Crippen molar-refractivity contribution < 1.29 is 9.47 Å². The van der Waals surface area contributed by atoms with Crippen molar-refractivity contribution in [1.29, 1.82) is 0 Å². The Morgan fingerprint density at radius 2 is 1.71 bits per heavy atom. The lowest BCUT2D eigenvalue weighted by atomic mass is 9.94. The van der Waals surface area contributed by atoms with Crippen molar-refractivity contribution in [2.45, 2.75) is 53.2 Å². The van der Waals surface area contributed by atoms with E-state index in [0.717, 1.165) is 13.0 Å². The van der Waals surface area contributed by atoms with Crippen LogP contribution in [0.25, 0.3) is 0 Å². The molecule has 0 amide bonds. The Balaban J connectivity index is 2.86. The van der Waals surface area contributed by atoms with Crippen molar-refractivity contribution in [3.63, 3.8) is 0 Å². The van der Waals surface area contributed by atoms with Gasteiger partial charge < -0.3 is 14.8 Å². The molecule has 0 bridgehead atoms. The molecule has 0 heterocycles. The van der Waals surface area contributed by atoms with Gasteiger partial charge in [0, 0.05) is 7.11 Å². The predicted molar refractivity (Wildman–Crippen MR) is 89.0 cm³/mol. The first kappa shape index (κ1) is 18.1. The summed E-state index contributed by atoms with van der Waals surface area (Å²) in [5.41, 5.74) is 5.36. The second kappa shape index (κ2) is 9.19. The van der Waals surface area contributed by atoms with Gasteiger partial charge in [-0.15, -0.1) is 0 Å². The smallest absolute Gasteiger partial charge is 0.0781 e. The summed E-state index contributed by atoms with van der Waals surface area (Å²) < 4.78 is 11.1. The molecule has 120 valence electrons. The highest BCUT2D eigenvalue weighted by molar-refractivity contribution is 5.39. The predicted octanol–water partition coefficient (Wildman–Crippen LogP) is 3.70. The second-order valence-corrected chi connectivity index (χ2v) is 5.92. The highest BCUT2D eigenvalue weighted by Crippen LogP contribution is 2.24. The van der Waals surface area contributed by atoms with Crippen LogP contribution < -0.4 is 5.32 Å². The minimum Gasteiger partial charge on any atom is -0.382 e. The lowest BCUT2D eigenvalue weighted by Gasteiger charge is -2.25.